The summed E-state index contributed by atoms with van der Waals surface area (Å²) in [6, 6.07) is 15.7. The number of carbonyl (C=O) groups is 1. The Morgan fingerprint density at radius 2 is 1.53 bits per heavy atom. The highest BCUT2D eigenvalue weighted by atomic mass is 35.5. The van der Waals surface area contributed by atoms with E-state index in [-0.39, 0.29) is 27.9 Å². The second kappa shape index (κ2) is 9.99. The summed E-state index contributed by atoms with van der Waals surface area (Å²) >= 11 is 11.8. The largest absolute Gasteiger partial charge is 0.334 e. The fourth-order valence-electron chi connectivity index (χ4n) is 2.77. The summed E-state index contributed by atoms with van der Waals surface area (Å²) in [6.45, 7) is 0.159. The number of amides is 2. The molecule has 0 heterocycles. The van der Waals surface area contributed by atoms with E-state index in [1.807, 2.05) is 0 Å². The average Bonchev–Trinajstić information content (AvgIpc) is 2.75. The monoisotopic (exact) mass is 493 g/mol. The van der Waals surface area contributed by atoms with Crippen molar-refractivity contribution in [3.63, 3.8) is 0 Å². The molecule has 3 aromatic carbocycles. The maximum atomic E-state index is 12.6. The van der Waals surface area contributed by atoms with Crippen molar-refractivity contribution in [3.05, 3.63) is 98.0 Å². The van der Waals surface area contributed by atoms with Gasteiger partial charge in [0, 0.05) is 24.4 Å². The Kier molecular flexibility index (Phi) is 7.34. The van der Waals surface area contributed by atoms with Crippen LogP contribution in [0, 0.1) is 10.1 Å². The fourth-order valence-corrected chi connectivity index (χ4v) is 4.43. The zero-order chi connectivity index (χ0) is 23.3. The van der Waals surface area contributed by atoms with Gasteiger partial charge in [0.25, 0.3) is 5.69 Å². The van der Waals surface area contributed by atoms with Gasteiger partial charge in [-0.25, -0.2) is 13.2 Å². The Balaban J connectivity index is 1.57. The highest BCUT2D eigenvalue weighted by Gasteiger charge is 2.16. The van der Waals surface area contributed by atoms with Gasteiger partial charge in [-0.2, -0.15) is 0 Å². The average molecular weight is 494 g/mol. The molecule has 11 heteroatoms. The minimum Gasteiger partial charge on any atom is -0.334 e. The molecule has 0 aliphatic heterocycles. The van der Waals surface area contributed by atoms with Crippen LogP contribution in [0.3, 0.4) is 0 Å². The summed E-state index contributed by atoms with van der Waals surface area (Å²) in [5.74, 6) is -0.223. The summed E-state index contributed by atoms with van der Waals surface area (Å²) < 4.78 is 25.3. The van der Waals surface area contributed by atoms with Gasteiger partial charge in [0.05, 0.1) is 25.6 Å². The standard InChI is InChI=1S/C21H17Cl2N3O5S/c22-19-10-3-15(11-20(19)23)13-32(30,31)18-8-1-14(2-9-18)12-24-21(27)25-16-4-6-17(7-5-16)26(28)29/h1-11H,12-13H2,(H2,24,25,27). The van der Waals surface area contributed by atoms with Gasteiger partial charge in [-0.15, -0.1) is 0 Å². The van der Waals surface area contributed by atoms with Crippen molar-refractivity contribution in [2.45, 2.75) is 17.2 Å². The third-order valence-corrected chi connectivity index (χ3v) is 6.86. The molecule has 2 amide bonds. The number of urea groups is 1. The minimum atomic E-state index is -3.59. The molecular weight excluding hydrogens is 477 g/mol. The van der Waals surface area contributed by atoms with Crippen molar-refractivity contribution in [2.24, 2.45) is 0 Å². The van der Waals surface area contributed by atoms with E-state index in [1.54, 1.807) is 24.3 Å². The van der Waals surface area contributed by atoms with Gasteiger partial charge >= 0.3 is 6.03 Å². The van der Waals surface area contributed by atoms with E-state index in [0.717, 1.165) is 0 Å². The smallest absolute Gasteiger partial charge is 0.319 e. The number of nitro benzene ring substituents is 1. The summed E-state index contributed by atoms with van der Waals surface area (Å²) in [4.78, 5) is 22.3. The Morgan fingerprint density at radius 3 is 2.12 bits per heavy atom. The molecule has 8 nitrogen and oxygen atoms in total. The maximum Gasteiger partial charge on any atom is 0.319 e. The quantitative estimate of drug-likeness (QED) is 0.346. The van der Waals surface area contributed by atoms with Crippen molar-refractivity contribution in [2.75, 3.05) is 5.32 Å². The van der Waals surface area contributed by atoms with Crippen molar-refractivity contribution >= 4 is 50.4 Å². The number of nitrogens with one attached hydrogen (secondary N) is 2. The molecule has 0 aliphatic rings. The number of anilines is 1. The fraction of sp³-hybridized carbons (Fsp3) is 0.0952. The Hall–Kier alpha value is -3.14. The first-order chi connectivity index (χ1) is 15.1. The van der Waals surface area contributed by atoms with Gasteiger partial charge in [0.2, 0.25) is 0 Å². The molecular formula is C21H17Cl2N3O5S. The molecule has 0 fully saturated rings. The molecule has 166 valence electrons. The molecule has 3 rings (SSSR count). The van der Waals surface area contributed by atoms with E-state index >= 15 is 0 Å². The van der Waals surface area contributed by atoms with Crippen LogP contribution < -0.4 is 10.6 Å². The summed E-state index contributed by atoms with van der Waals surface area (Å²) in [5, 5.41) is 16.5. The molecule has 0 unspecified atom stereocenters. The lowest BCUT2D eigenvalue weighted by molar-refractivity contribution is -0.384. The van der Waals surface area contributed by atoms with Crippen molar-refractivity contribution in [1.82, 2.24) is 5.32 Å². The Bertz CT molecular complexity index is 1250. The van der Waals surface area contributed by atoms with Crippen LogP contribution in [-0.4, -0.2) is 19.4 Å². The Morgan fingerprint density at radius 1 is 0.906 bits per heavy atom. The van der Waals surface area contributed by atoms with Crippen LogP contribution in [0.2, 0.25) is 10.0 Å². The van der Waals surface area contributed by atoms with E-state index in [4.69, 9.17) is 23.2 Å². The molecule has 0 aromatic heterocycles. The van der Waals surface area contributed by atoms with Crippen molar-refractivity contribution in [1.29, 1.82) is 0 Å². The molecule has 0 saturated carbocycles. The predicted molar refractivity (Wildman–Crippen MR) is 123 cm³/mol. The second-order valence-electron chi connectivity index (χ2n) is 6.76. The lowest BCUT2D eigenvalue weighted by Gasteiger charge is -2.09. The molecule has 0 radical (unpaired) electrons. The molecule has 0 saturated heterocycles. The lowest BCUT2D eigenvalue weighted by Crippen LogP contribution is -2.28. The number of non-ortho nitro benzene ring substituents is 1. The zero-order valence-electron chi connectivity index (χ0n) is 16.4. The third-order valence-electron chi connectivity index (χ3n) is 4.41. The van der Waals surface area contributed by atoms with Gasteiger partial charge in [0.15, 0.2) is 9.84 Å². The van der Waals surface area contributed by atoms with Crippen LogP contribution in [0.25, 0.3) is 0 Å². The topological polar surface area (TPSA) is 118 Å². The first-order valence-corrected chi connectivity index (χ1v) is 11.6. The van der Waals surface area contributed by atoms with E-state index in [9.17, 15) is 23.3 Å². The number of sulfone groups is 1. The number of halogens is 2. The SMILES string of the molecule is O=C(NCc1ccc(S(=O)(=O)Cc2ccc(Cl)c(Cl)c2)cc1)Nc1ccc([N+](=O)[O-])cc1. The number of benzene rings is 3. The summed E-state index contributed by atoms with van der Waals surface area (Å²) in [5.41, 5.74) is 1.53. The van der Waals surface area contributed by atoms with Crippen LogP contribution in [0.1, 0.15) is 11.1 Å². The number of rotatable bonds is 7. The maximum absolute atomic E-state index is 12.6. The highest BCUT2D eigenvalue weighted by molar-refractivity contribution is 7.90. The molecule has 0 spiro atoms. The Labute approximate surface area is 194 Å². The molecule has 3 aromatic rings. The zero-order valence-corrected chi connectivity index (χ0v) is 18.7. The van der Waals surface area contributed by atoms with Crippen LogP contribution >= 0.6 is 23.2 Å². The van der Waals surface area contributed by atoms with Crippen molar-refractivity contribution in [3.8, 4) is 0 Å². The first kappa shape index (κ1) is 23.5. The third kappa shape index (κ3) is 6.19. The second-order valence-corrected chi connectivity index (χ2v) is 9.57. The van der Waals surface area contributed by atoms with Crippen molar-refractivity contribution < 1.29 is 18.1 Å². The number of carbonyl (C=O) groups excluding carboxylic acids is 1. The van der Waals surface area contributed by atoms with Gasteiger partial charge < -0.3 is 10.6 Å². The number of hydrogen-bond donors (Lipinski definition) is 2. The van der Waals surface area contributed by atoms with Crippen LogP contribution in [0.15, 0.2) is 71.6 Å². The van der Waals surface area contributed by atoms with E-state index < -0.39 is 20.8 Å². The van der Waals surface area contributed by atoms with Gasteiger partial charge in [-0.1, -0.05) is 41.4 Å². The minimum absolute atomic E-state index is 0.0786. The van der Waals surface area contributed by atoms with Crippen LogP contribution in [-0.2, 0) is 22.1 Å². The normalized spacial score (nSPS) is 11.1. The number of nitro groups is 1. The number of nitrogens with zero attached hydrogens (tertiary/aromatic N) is 1. The van der Waals surface area contributed by atoms with Gasteiger partial charge in [-0.05, 0) is 47.5 Å². The van der Waals surface area contributed by atoms with Crippen LogP contribution in [0.5, 0.6) is 0 Å². The number of hydrogen-bond acceptors (Lipinski definition) is 5. The molecule has 0 atom stereocenters. The van der Waals surface area contributed by atoms with E-state index in [0.29, 0.717) is 21.8 Å². The first-order valence-electron chi connectivity index (χ1n) is 9.19. The van der Waals surface area contributed by atoms with Crippen LogP contribution in [0.4, 0.5) is 16.2 Å². The summed E-state index contributed by atoms with van der Waals surface area (Å²) in [7, 11) is -3.59. The molecule has 0 bridgehead atoms. The highest BCUT2D eigenvalue weighted by Crippen LogP contribution is 2.25. The lowest BCUT2D eigenvalue weighted by atomic mass is 10.2. The van der Waals surface area contributed by atoms with E-state index in [1.165, 1.54) is 42.5 Å². The molecule has 2 N–H and O–H groups in total. The summed E-state index contributed by atoms with van der Waals surface area (Å²) in [6.07, 6.45) is 0. The predicted octanol–water partition coefficient (Wildman–Crippen LogP) is 5.20. The van der Waals surface area contributed by atoms with E-state index in [2.05, 4.69) is 10.6 Å². The molecule has 32 heavy (non-hydrogen) atoms. The van der Waals surface area contributed by atoms with Gasteiger partial charge in [0.1, 0.15) is 0 Å². The molecule has 0 aliphatic carbocycles. The van der Waals surface area contributed by atoms with Gasteiger partial charge in [-0.3, -0.25) is 10.1 Å².